The molecule has 0 saturated heterocycles. The monoisotopic (exact) mass is 461 g/mol. The molecular formula is C20H20ClN5O4S. The molecular weight excluding hydrogens is 442 g/mol. The van der Waals surface area contributed by atoms with E-state index >= 15 is 0 Å². The van der Waals surface area contributed by atoms with Gasteiger partial charge in [-0.05, 0) is 24.1 Å². The number of hydrogen-bond acceptors (Lipinski definition) is 6. The normalized spacial score (nSPS) is 11.8. The molecule has 0 saturated carbocycles. The summed E-state index contributed by atoms with van der Waals surface area (Å²) >= 11 is 6.98. The quantitative estimate of drug-likeness (QED) is 0.276. The van der Waals surface area contributed by atoms with Crippen molar-refractivity contribution in [1.82, 2.24) is 14.8 Å². The smallest absolute Gasteiger partial charge is 0.325 e. The van der Waals surface area contributed by atoms with Gasteiger partial charge in [-0.1, -0.05) is 67.0 Å². The summed E-state index contributed by atoms with van der Waals surface area (Å²) < 4.78 is 1.50. The van der Waals surface area contributed by atoms with Gasteiger partial charge in [0.1, 0.15) is 10.3 Å². The van der Waals surface area contributed by atoms with Gasteiger partial charge in [0.15, 0.2) is 5.16 Å². The van der Waals surface area contributed by atoms with Crippen LogP contribution in [0.1, 0.15) is 30.6 Å². The lowest BCUT2D eigenvalue weighted by Crippen LogP contribution is -2.21. The second kappa shape index (κ2) is 10.3. The van der Waals surface area contributed by atoms with E-state index in [0.717, 1.165) is 24.6 Å². The molecule has 2 N–H and O–H groups in total. The zero-order valence-corrected chi connectivity index (χ0v) is 18.2. The van der Waals surface area contributed by atoms with Crippen molar-refractivity contribution in [1.29, 1.82) is 0 Å². The lowest BCUT2D eigenvalue weighted by Gasteiger charge is -2.17. The first-order valence-electron chi connectivity index (χ1n) is 9.52. The molecule has 3 rings (SSSR count). The van der Waals surface area contributed by atoms with Gasteiger partial charge in [0, 0.05) is 18.3 Å². The first kappa shape index (κ1) is 22.6. The van der Waals surface area contributed by atoms with Crippen molar-refractivity contribution >= 4 is 40.6 Å². The zero-order chi connectivity index (χ0) is 22.4. The highest BCUT2D eigenvalue weighted by Crippen LogP contribution is 2.35. The maximum absolute atomic E-state index is 13.2. The number of nitrogens with zero attached hydrogens (tertiary/aromatic N) is 3. The second-order valence-corrected chi connectivity index (χ2v) is 8.12. The van der Waals surface area contributed by atoms with E-state index in [1.54, 1.807) is 24.3 Å². The molecule has 0 bridgehead atoms. The molecule has 162 valence electrons. The summed E-state index contributed by atoms with van der Waals surface area (Å²) in [6.07, 6.45) is 1.70. The van der Waals surface area contributed by atoms with Crippen LogP contribution in [0, 0.1) is 10.1 Å². The number of aromatic amines is 1. The van der Waals surface area contributed by atoms with Crippen LogP contribution in [-0.4, -0.2) is 25.6 Å². The summed E-state index contributed by atoms with van der Waals surface area (Å²) in [6, 6.07) is 13.1. The number of carbonyl (C=O) groups is 1. The molecule has 0 fully saturated rings. The highest BCUT2D eigenvalue weighted by Gasteiger charge is 2.26. The molecule has 0 aliphatic heterocycles. The SMILES string of the molecule is CCCCn1c(SC(C(=O)Nc2ccc(Cl)c([N+](=O)[O-])c2)c2ccccc2)n[nH]c1=O. The maximum atomic E-state index is 13.2. The molecule has 1 aromatic heterocycles. The fraction of sp³-hybridized carbons (Fsp3) is 0.250. The third-order valence-corrected chi connectivity index (χ3v) is 6.00. The Kier molecular flexibility index (Phi) is 7.48. The standard InChI is InChI=1S/C20H20ClN5O4S/c1-2-3-11-25-19(28)23-24-20(25)31-17(13-7-5-4-6-8-13)18(27)22-14-9-10-15(21)16(12-14)26(29)30/h4-10,12,17H,2-3,11H2,1H3,(H,22,27)(H,23,28). The molecule has 9 nitrogen and oxygen atoms in total. The van der Waals surface area contributed by atoms with Crippen molar-refractivity contribution in [3.8, 4) is 0 Å². The van der Waals surface area contributed by atoms with E-state index in [4.69, 9.17) is 11.6 Å². The Labute approximate surface area is 187 Å². The molecule has 2 aromatic carbocycles. The lowest BCUT2D eigenvalue weighted by molar-refractivity contribution is -0.384. The van der Waals surface area contributed by atoms with Crippen molar-refractivity contribution in [3.63, 3.8) is 0 Å². The number of aromatic nitrogens is 3. The summed E-state index contributed by atoms with van der Waals surface area (Å²) in [5.41, 5.74) is 0.305. The average Bonchev–Trinajstić information content (AvgIpc) is 3.11. The number of thioether (sulfide) groups is 1. The number of hydrogen-bond donors (Lipinski definition) is 2. The van der Waals surface area contributed by atoms with E-state index in [1.165, 1.54) is 22.8 Å². The van der Waals surface area contributed by atoms with Gasteiger partial charge in [-0.3, -0.25) is 19.5 Å². The van der Waals surface area contributed by atoms with Crippen LogP contribution in [0.5, 0.6) is 0 Å². The molecule has 0 aliphatic rings. The van der Waals surface area contributed by atoms with Gasteiger partial charge < -0.3 is 5.32 Å². The van der Waals surface area contributed by atoms with Crippen molar-refractivity contribution in [2.45, 2.75) is 36.7 Å². The lowest BCUT2D eigenvalue weighted by atomic mass is 10.1. The Bertz CT molecular complexity index is 1130. The van der Waals surface area contributed by atoms with E-state index in [1.807, 2.05) is 13.0 Å². The molecule has 0 aliphatic carbocycles. The number of halogens is 1. The summed E-state index contributed by atoms with van der Waals surface area (Å²) in [6.45, 7) is 2.50. The maximum Gasteiger partial charge on any atom is 0.343 e. The van der Waals surface area contributed by atoms with Crippen LogP contribution in [0.25, 0.3) is 0 Å². The highest BCUT2D eigenvalue weighted by atomic mass is 35.5. The highest BCUT2D eigenvalue weighted by molar-refractivity contribution is 8.00. The number of unbranched alkanes of at least 4 members (excludes halogenated alkanes) is 1. The number of benzene rings is 2. The van der Waals surface area contributed by atoms with Gasteiger partial charge in [-0.15, -0.1) is 5.10 Å². The van der Waals surface area contributed by atoms with Crippen LogP contribution >= 0.6 is 23.4 Å². The van der Waals surface area contributed by atoms with Gasteiger partial charge in [0.05, 0.1) is 4.92 Å². The summed E-state index contributed by atoms with van der Waals surface area (Å²) in [5, 5.41) is 20.0. The topological polar surface area (TPSA) is 123 Å². The molecule has 1 unspecified atom stereocenters. The predicted molar refractivity (Wildman–Crippen MR) is 120 cm³/mol. The average molecular weight is 462 g/mol. The molecule has 1 atom stereocenters. The molecule has 3 aromatic rings. The zero-order valence-electron chi connectivity index (χ0n) is 16.6. The van der Waals surface area contributed by atoms with E-state index in [0.29, 0.717) is 17.3 Å². The second-order valence-electron chi connectivity index (χ2n) is 6.64. The van der Waals surface area contributed by atoms with Crippen LogP contribution < -0.4 is 11.0 Å². The molecule has 1 amide bonds. The van der Waals surface area contributed by atoms with Crippen molar-refractivity contribution in [2.24, 2.45) is 0 Å². The number of anilines is 1. The molecule has 1 heterocycles. The number of amides is 1. The summed E-state index contributed by atoms with van der Waals surface area (Å²) in [5.74, 6) is -0.412. The minimum Gasteiger partial charge on any atom is -0.325 e. The first-order chi connectivity index (χ1) is 14.9. The minimum atomic E-state index is -0.744. The third-order valence-electron chi connectivity index (χ3n) is 4.43. The van der Waals surface area contributed by atoms with Gasteiger partial charge in [0.2, 0.25) is 5.91 Å². The number of carbonyl (C=O) groups excluding carboxylic acids is 1. The van der Waals surface area contributed by atoms with Gasteiger partial charge in [-0.25, -0.2) is 9.89 Å². The Morgan fingerprint density at radius 3 is 2.74 bits per heavy atom. The van der Waals surface area contributed by atoms with E-state index in [2.05, 4.69) is 15.5 Å². The van der Waals surface area contributed by atoms with E-state index in [9.17, 15) is 19.7 Å². The predicted octanol–water partition coefficient (Wildman–Crippen LogP) is 4.41. The Morgan fingerprint density at radius 2 is 2.06 bits per heavy atom. The molecule has 0 spiro atoms. The van der Waals surface area contributed by atoms with Crippen molar-refractivity contribution in [2.75, 3.05) is 5.32 Å². The van der Waals surface area contributed by atoms with Crippen LogP contribution in [0.15, 0.2) is 58.5 Å². The number of rotatable bonds is 9. The van der Waals surface area contributed by atoms with Gasteiger partial charge in [-0.2, -0.15) is 0 Å². The largest absolute Gasteiger partial charge is 0.343 e. The molecule has 11 heteroatoms. The molecule has 0 radical (unpaired) electrons. The van der Waals surface area contributed by atoms with Gasteiger partial charge in [0.25, 0.3) is 5.69 Å². The first-order valence-corrected chi connectivity index (χ1v) is 10.8. The number of nitro groups is 1. The minimum absolute atomic E-state index is 0.0200. The van der Waals surface area contributed by atoms with E-state index in [-0.39, 0.29) is 22.1 Å². The Balaban J connectivity index is 1.90. The van der Waals surface area contributed by atoms with Gasteiger partial charge >= 0.3 is 5.69 Å². The van der Waals surface area contributed by atoms with Crippen molar-refractivity contribution < 1.29 is 9.72 Å². The Hall–Kier alpha value is -3.11. The molecule has 31 heavy (non-hydrogen) atoms. The third kappa shape index (κ3) is 5.53. The van der Waals surface area contributed by atoms with Crippen molar-refractivity contribution in [3.05, 3.63) is 79.7 Å². The Morgan fingerprint density at radius 1 is 1.32 bits per heavy atom. The fourth-order valence-corrected chi connectivity index (χ4v) is 4.11. The number of nitrogens with one attached hydrogen (secondary N) is 2. The van der Waals surface area contributed by atoms with Crippen LogP contribution in [0.4, 0.5) is 11.4 Å². The van der Waals surface area contributed by atoms with E-state index < -0.39 is 16.1 Å². The fourth-order valence-electron chi connectivity index (χ4n) is 2.85. The summed E-state index contributed by atoms with van der Waals surface area (Å²) in [4.78, 5) is 35.8. The number of H-pyrrole nitrogens is 1. The number of nitro benzene ring substituents is 1. The van der Waals surface area contributed by atoms with Crippen LogP contribution in [0.2, 0.25) is 5.02 Å². The van der Waals surface area contributed by atoms with Crippen LogP contribution in [0.3, 0.4) is 0 Å². The summed E-state index contributed by atoms with van der Waals surface area (Å²) in [7, 11) is 0. The van der Waals surface area contributed by atoms with Crippen LogP contribution in [-0.2, 0) is 11.3 Å².